The Morgan fingerprint density at radius 1 is 1.14 bits per heavy atom. The molecule has 0 unspecified atom stereocenters. The van der Waals surface area contributed by atoms with Crippen molar-refractivity contribution in [3.05, 3.63) is 53.6 Å². The van der Waals surface area contributed by atoms with Gasteiger partial charge in [-0.15, -0.1) is 0 Å². The summed E-state index contributed by atoms with van der Waals surface area (Å²) in [7, 11) is 1.71. The molecule has 3 heteroatoms. The first-order chi connectivity index (χ1) is 10.7. The fourth-order valence-electron chi connectivity index (χ4n) is 2.99. The molecule has 0 saturated heterocycles. The summed E-state index contributed by atoms with van der Waals surface area (Å²) in [5.41, 5.74) is 5.91. The molecule has 2 aromatic carbocycles. The fraction of sp³-hybridized carbons (Fsp3) is 0.316. The van der Waals surface area contributed by atoms with Crippen molar-refractivity contribution in [2.75, 3.05) is 18.6 Å². The van der Waals surface area contributed by atoms with Crippen molar-refractivity contribution in [2.45, 2.75) is 26.4 Å². The van der Waals surface area contributed by atoms with E-state index in [-0.39, 0.29) is 5.91 Å². The molecular formula is C19H21NO2. The summed E-state index contributed by atoms with van der Waals surface area (Å²) in [6.07, 6.45) is 1.50. The Kier molecular flexibility index (Phi) is 4.25. The molecule has 3 nitrogen and oxygen atoms in total. The molecule has 0 N–H and O–H groups in total. The van der Waals surface area contributed by atoms with Gasteiger partial charge in [0.15, 0.2) is 0 Å². The summed E-state index contributed by atoms with van der Waals surface area (Å²) in [5, 5.41) is 0. The second-order valence-electron chi connectivity index (χ2n) is 5.62. The lowest BCUT2D eigenvalue weighted by molar-refractivity contribution is -0.118. The first-order valence-electron chi connectivity index (χ1n) is 7.74. The second-order valence-corrected chi connectivity index (χ2v) is 5.62. The van der Waals surface area contributed by atoms with Gasteiger partial charge < -0.3 is 9.64 Å². The van der Waals surface area contributed by atoms with E-state index in [1.165, 1.54) is 22.3 Å². The molecule has 22 heavy (non-hydrogen) atoms. The third-order valence-corrected chi connectivity index (χ3v) is 4.18. The Labute approximate surface area is 131 Å². The minimum Gasteiger partial charge on any atom is -0.380 e. The molecule has 0 fully saturated rings. The van der Waals surface area contributed by atoms with E-state index < -0.39 is 0 Å². The zero-order valence-corrected chi connectivity index (χ0v) is 13.1. The molecule has 0 radical (unpaired) electrons. The summed E-state index contributed by atoms with van der Waals surface area (Å²) in [6.45, 7) is 3.35. The van der Waals surface area contributed by atoms with Crippen LogP contribution in [0, 0.1) is 0 Å². The fourth-order valence-corrected chi connectivity index (χ4v) is 2.99. The highest BCUT2D eigenvalue weighted by Crippen LogP contribution is 2.32. The Balaban J connectivity index is 1.87. The number of fused-ring (bicyclic) bond motifs is 1. The van der Waals surface area contributed by atoms with Crippen LogP contribution < -0.4 is 4.90 Å². The van der Waals surface area contributed by atoms with Crippen molar-refractivity contribution in [1.82, 2.24) is 0 Å². The molecule has 114 valence electrons. The lowest BCUT2D eigenvalue weighted by Gasteiger charge is -2.16. The number of rotatable bonds is 4. The number of nitrogens with zero attached hydrogens (tertiary/aromatic N) is 1. The van der Waals surface area contributed by atoms with Gasteiger partial charge >= 0.3 is 0 Å². The van der Waals surface area contributed by atoms with E-state index in [1.54, 1.807) is 7.11 Å². The monoisotopic (exact) mass is 295 g/mol. The first kappa shape index (κ1) is 14.8. The average Bonchev–Trinajstić information content (AvgIpc) is 2.98. The van der Waals surface area contributed by atoms with Crippen LogP contribution in [0.1, 0.15) is 24.5 Å². The van der Waals surface area contributed by atoms with Crippen molar-refractivity contribution >= 4 is 11.6 Å². The third-order valence-electron chi connectivity index (χ3n) is 4.18. The second kappa shape index (κ2) is 6.32. The number of anilines is 1. The van der Waals surface area contributed by atoms with Crippen molar-refractivity contribution in [1.29, 1.82) is 0 Å². The Morgan fingerprint density at radius 3 is 2.55 bits per heavy atom. The number of carbonyl (C=O) groups excluding carboxylic acids is 1. The van der Waals surface area contributed by atoms with Crippen LogP contribution in [0.5, 0.6) is 0 Å². The van der Waals surface area contributed by atoms with Gasteiger partial charge in [0.2, 0.25) is 5.91 Å². The smallest absolute Gasteiger partial charge is 0.226 e. The molecule has 0 saturated carbocycles. The molecule has 1 heterocycles. The maximum absolute atomic E-state index is 11.9. The summed E-state index contributed by atoms with van der Waals surface area (Å²) < 4.78 is 5.14. The highest BCUT2D eigenvalue weighted by Gasteiger charge is 2.23. The van der Waals surface area contributed by atoms with Crippen molar-refractivity contribution in [3.8, 4) is 11.1 Å². The van der Waals surface area contributed by atoms with Gasteiger partial charge in [0.1, 0.15) is 0 Å². The predicted molar refractivity (Wildman–Crippen MR) is 88.9 cm³/mol. The molecule has 0 aromatic heterocycles. The largest absolute Gasteiger partial charge is 0.380 e. The summed E-state index contributed by atoms with van der Waals surface area (Å²) in [5.74, 6) is 0.204. The maximum Gasteiger partial charge on any atom is 0.226 e. The van der Waals surface area contributed by atoms with Gasteiger partial charge in [0, 0.05) is 25.8 Å². The SMILES string of the molecule is CCC(=O)N1CCc2cc(-c3ccc(COC)cc3)ccc21. The van der Waals surface area contributed by atoms with Crippen LogP contribution in [-0.2, 0) is 22.6 Å². The molecule has 0 bridgehead atoms. The summed E-state index contributed by atoms with van der Waals surface area (Å²) >= 11 is 0. The lowest BCUT2D eigenvalue weighted by atomic mass is 10.0. The molecule has 1 aliphatic heterocycles. The van der Waals surface area contributed by atoms with Crippen molar-refractivity contribution in [2.24, 2.45) is 0 Å². The normalized spacial score (nSPS) is 13.3. The van der Waals surface area contributed by atoms with Gasteiger partial charge in [0.25, 0.3) is 0 Å². The average molecular weight is 295 g/mol. The minimum atomic E-state index is 0.204. The first-order valence-corrected chi connectivity index (χ1v) is 7.74. The molecule has 3 rings (SSSR count). The number of hydrogen-bond donors (Lipinski definition) is 0. The number of ether oxygens (including phenoxy) is 1. The summed E-state index contributed by atoms with van der Waals surface area (Å²) in [6, 6.07) is 14.8. The van der Waals surface area contributed by atoms with E-state index in [0.29, 0.717) is 13.0 Å². The molecule has 1 aliphatic rings. The Bertz CT molecular complexity index is 676. The number of amides is 1. The Hall–Kier alpha value is -2.13. The van der Waals surface area contributed by atoms with Crippen molar-refractivity contribution < 1.29 is 9.53 Å². The van der Waals surface area contributed by atoms with Crippen LogP contribution in [0.25, 0.3) is 11.1 Å². The zero-order valence-electron chi connectivity index (χ0n) is 13.1. The van der Waals surface area contributed by atoms with Gasteiger partial charge in [-0.2, -0.15) is 0 Å². The van der Waals surface area contributed by atoms with Gasteiger partial charge in [-0.25, -0.2) is 0 Å². The number of carbonyl (C=O) groups is 1. The van der Waals surface area contributed by atoms with Crippen LogP contribution in [-0.4, -0.2) is 19.6 Å². The topological polar surface area (TPSA) is 29.5 Å². The number of benzene rings is 2. The quantitative estimate of drug-likeness (QED) is 0.858. The van der Waals surface area contributed by atoms with E-state index in [2.05, 4.69) is 42.5 Å². The van der Waals surface area contributed by atoms with E-state index in [9.17, 15) is 4.79 Å². The molecule has 0 aliphatic carbocycles. The van der Waals surface area contributed by atoms with Gasteiger partial charge in [-0.05, 0) is 40.8 Å². The molecule has 2 aromatic rings. The van der Waals surface area contributed by atoms with Gasteiger partial charge in [-0.1, -0.05) is 37.3 Å². The lowest BCUT2D eigenvalue weighted by Crippen LogP contribution is -2.27. The van der Waals surface area contributed by atoms with E-state index in [4.69, 9.17) is 4.74 Å². The van der Waals surface area contributed by atoms with Gasteiger partial charge in [-0.3, -0.25) is 4.79 Å². The van der Waals surface area contributed by atoms with E-state index in [0.717, 1.165) is 18.7 Å². The van der Waals surface area contributed by atoms with E-state index in [1.807, 2.05) is 11.8 Å². The standard InChI is InChI=1S/C19H21NO2/c1-3-19(21)20-11-10-17-12-16(8-9-18(17)20)15-6-4-14(5-7-15)13-22-2/h4-9,12H,3,10-11,13H2,1-2H3. The highest BCUT2D eigenvalue weighted by atomic mass is 16.5. The number of hydrogen-bond acceptors (Lipinski definition) is 2. The van der Waals surface area contributed by atoms with Crippen molar-refractivity contribution in [3.63, 3.8) is 0 Å². The van der Waals surface area contributed by atoms with E-state index >= 15 is 0 Å². The highest BCUT2D eigenvalue weighted by molar-refractivity contribution is 5.95. The van der Waals surface area contributed by atoms with Crippen LogP contribution in [0.15, 0.2) is 42.5 Å². The molecule has 0 spiro atoms. The van der Waals surface area contributed by atoms with Crippen LogP contribution in [0.4, 0.5) is 5.69 Å². The predicted octanol–water partition coefficient (Wildman–Crippen LogP) is 3.80. The molecular weight excluding hydrogens is 274 g/mol. The van der Waals surface area contributed by atoms with Crippen LogP contribution in [0.2, 0.25) is 0 Å². The molecule has 0 atom stereocenters. The third kappa shape index (κ3) is 2.77. The molecule has 1 amide bonds. The number of methoxy groups -OCH3 is 1. The Morgan fingerprint density at radius 2 is 1.86 bits per heavy atom. The van der Waals surface area contributed by atoms with Gasteiger partial charge in [0.05, 0.1) is 6.61 Å². The summed E-state index contributed by atoms with van der Waals surface area (Å²) in [4.78, 5) is 13.8. The van der Waals surface area contributed by atoms with Crippen LogP contribution >= 0.6 is 0 Å². The zero-order chi connectivity index (χ0) is 15.5. The van der Waals surface area contributed by atoms with Crippen LogP contribution in [0.3, 0.4) is 0 Å². The maximum atomic E-state index is 11.9. The minimum absolute atomic E-state index is 0.204.